The molecule has 0 radical (unpaired) electrons. The molecule has 0 fully saturated rings. The number of benzene rings is 3. The van der Waals surface area contributed by atoms with Crippen LogP contribution in [0.15, 0.2) is 78.9 Å². The summed E-state index contributed by atoms with van der Waals surface area (Å²) in [7, 11) is 0. The Labute approximate surface area is 168 Å². The molecule has 0 aliphatic heterocycles. The van der Waals surface area contributed by atoms with Crippen molar-refractivity contribution in [2.24, 2.45) is 0 Å². The van der Waals surface area contributed by atoms with Crippen molar-refractivity contribution in [1.29, 1.82) is 0 Å². The summed E-state index contributed by atoms with van der Waals surface area (Å²) in [5.41, 5.74) is 4.97. The van der Waals surface area contributed by atoms with E-state index in [9.17, 15) is 4.79 Å². The first-order valence-corrected chi connectivity index (χ1v) is 10.2. The first-order chi connectivity index (χ1) is 12.7. The van der Waals surface area contributed by atoms with Crippen molar-refractivity contribution in [3.8, 4) is 0 Å². The van der Waals surface area contributed by atoms with Crippen LogP contribution in [0.3, 0.4) is 0 Å². The van der Waals surface area contributed by atoms with Gasteiger partial charge in [-0.15, -0.1) is 0 Å². The second kappa shape index (κ2) is 8.95. The van der Waals surface area contributed by atoms with E-state index in [0.29, 0.717) is 5.92 Å². The van der Waals surface area contributed by atoms with Gasteiger partial charge in [0, 0.05) is 15.6 Å². The molecule has 3 aromatic carbocycles. The van der Waals surface area contributed by atoms with Crippen molar-refractivity contribution in [2.75, 3.05) is 4.43 Å². The van der Waals surface area contributed by atoms with Gasteiger partial charge in [0.25, 0.3) is 0 Å². The van der Waals surface area contributed by atoms with Gasteiger partial charge in [-0.05, 0) is 22.6 Å². The molecule has 0 saturated carbocycles. The van der Waals surface area contributed by atoms with Gasteiger partial charge in [0.15, 0.2) is 5.78 Å². The lowest BCUT2D eigenvalue weighted by Crippen LogP contribution is -2.02. The highest BCUT2D eigenvalue weighted by Gasteiger charge is 2.10. The van der Waals surface area contributed by atoms with Crippen molar-refractivity contribution in [3.05, 3.63) is 107 Å². The molecule has 0 spiro atoms. The second-order valence-electron chi connectivity index (χ2n) is 6.37. The third-order valence-electron chi connectivity index (χ3n) is 4.41. The number of carbonyl (C=O) groups excluding carboxylic acids is 1. The fourth-order valence-electron chi connectivity index (χ4n) is 2.72. The molecule has 0 heterocycles. The molecule has 0 N–H and O–H groups in total. The van der Waals surface area contributed by atoms with Crippen LogP contribution < -0.4 is 0 Å². The Morgan fingerprint density at radius 3 is 1.85 bits per heavy atom. The van der Waals surface area contributed by atoms with Crippen LogP contribution in [0.2, 0.25) is 0 Å². The van der Waals surface area contributed by atoms with Crippen LogP contribution in [-0.2, 0) is 0 Å². The summed E-state index contributed by atoms with van der Waals surface area (Å²) in [6.45, 7) is 2.20. The Morgan fingerprint density at radius 1 is 0.808 bits per heavy atom. The minimum atomic E-state index is 0.0669. The SMILES string of the molecule is CC(CI)c1ccc(C(=O)c2ccc(C=Cc3ccccc3)cc2)cc1. The van der Waals surface area contributed by atoms with Crippen molar-refractivity contribution in [1.82, 2.24) is 0 Å². The fraction of sp³-hybridized carbons (Fsp3) is 0.125. The maximum atomic E-state index is 12.7. The fourth-order valence-corrected chi connectivity index (χ4v) is 3.23. The van der Waals surface area contributed by atoms with E-state index in [1.54, 1.807) is 0 Å². The molecule has 1 atom stereocenters. The zero-order chi connectivity index (χ0) is 18.4. The standard InChI is InChI=1S/C24H21IO/c1-18(17-25)21-13-15-23(16-14-21)24(26)22-11-9-20(10-12-22)8-7-19-5-3-2-4-6-19/h2-16,18H,17H2,1H3. The van der Waals surface area contributed by atoms with E-state index < -0.39 is 0 Å². The summed E-state index contributed by atoms with van der Waals surface area (Å²) < 4.78 is 1.07. The highest BCUT2D eigenvalue weighted by Crippen LogP contribution is 2.20. The Morgan fingerprint density at radius 2 is 1.31 bits per heavy atom. The number of hydrogen-bond acceptors (Lipinski definition) is 1. The van der Waals surface area contributed by atoms with E-state index in [-0.39, 0.29) is 5.78 Å². The predicted octanol–water partition coefficient (Wildman–Crippen LogP) is 6.63. The largest absolute Gasteiger partial charge is 0.289 e. The minimum absolute atomic E-state index is 0.0669. The number of rotatable bonds is 6. The van der Waals surface area contributed by atoms with Gasteiger partial charge in [-0.2, -0.15) is 0 Å². The molecule has 130 valence electrons. The predicted molar refractivity (Wildman–Crippen MR) is 119 cm³/mol. The van der Waals surface area contributed by atoms with E-state index in [1.807, 2.05) is 54.6 Å². The van der Waals surface area contributed by atoms with Crippen LogP contribution in [-0.4, -0.2) is 10.2 Å². The summed E-state index contributed by atoms with van der Waals surface area (Å²) in [6.07, 6.45) is 4.13. The number of ketones is 1. The molecular formula is C24H21IO. The first kappa shape index (κ1) is 18.6. The molecule has 0 aliphatic rings. The number of carbonyl (C=O) groups is 1. The molecule has 0 amide bonds. The lowest BCUT2D eigenvalue weighted by atomic mass is 9.97. The van der Waals surface area contributed by atoms with E-state index in [0.717, 1.165) is 26.7 Å². The molecular weight excluding hydrogens is 431 g/mol. The van der Waals surface area contributed by atoms with Crippen molar-refractivity contribution in [2.45, 2.75) is 12.8 Å². The van der Waals surface area contributed by atoms with Crippen molar-refractivity contribution in [3.63, 3.8) is 0 Å². The number of hydrogen-bond donors (Lipinski definition) is 0. The molecule has 3 rings (SSSR count). The monoisotopic (exact) mass is 452 g/mol. The Hall–Kier alpha value is -2.20. The smallest absolute Gasteiger partial charge is 0.193 e. The molecule has 26 heavy (non-hydrogen) atoms. The Bertz CT molecular complexity index is 878. The topological polar surface area (TPSA) is 17.1 Å². The van der Waals surface area contributed by atoms with Gasteiger partial charge in [-0.1, -0.05) is 121 Å². The van der Waals surface area contributed by atoms with E-state index >= 15 is 0 Å². The number of halogens is 1. The maximum Gasteiger partial charge on any atom is 0.193 e. The van der Waals surface area contributed by atoms with Crippen molar-refractivity contribution >= 4 is 40.5 Å². The van der Waals surface area contributed by atoms with Crippen molar-refractivity contribution < 1.29 is 4.79 Å². The molecule has 1 nitrogen and oxygen atoms in total. The Kier molecular flexibility index (Phi) is 6.40. The van der Waals surface area contributed by atoms with Gasteiger partial charge >= 0.3 is 0 Å². The quantitative estimate of drug-likeness (QED) is 0.178. The third-order valence-corrected chi connectivity index (χ3v) is 5.74. The summed E-state index contributed by atoms with van der Waals surface area (Å²) in [4.78, 5) is 12.7. The summed E-state index contributed by atoms with van der Waals surface area (Å²) in [5, 5.41) is 0. The normalized spacial score (nSPS) is 12.2. The molecule has 0 saturated heterocycles. The number of alkyl halides is 1. The van der Waals surface area contributed by atoms with Gasteiger partial charge in [0.05, 0.1) is 0 Å². The lowest BCUT2D eigenvalue weighted by Gasteiger charge is -2.09. The molecule has 0 aliphatic carbocycles. The van der Waals surface area contributed by atoms with Crippen LogP contribution in [0.5, 0.6) is 0 Å². The van der Waals surface area contributed by atoms with Crippen LogP contribution in [0.4, 0.5) is 0 Å². The molecule has 0 bridgehead atoms. The van der Waals surface area contributed by atoms with Crippen LogP contribution in [0.25, 0.3) is 12.2 Å². The van der Waals surface area contributed by atoms with E-state index in [4.69, 9.17) is 0 Å². The van der Waals surface area contributed by atoms with Gasteiger partial charge in [-0.3, -0.25) is 4.79 Å². The second-order valence-corrected chi connectivity index (χ2v) is 7.25. The van der Waals surface area contributed by atoms with Gasteiger partial charge in [-0.25, -0.2) is 0 Å². The van der Waals surface area contributed by atoms with E-state index in [1.165, 1.54) is 5.56 Å². The summed E-state index contributed by atoms with van der Waals surface area (Å²) in [6, 6.07) is 25.9. The van der Waals surface area contributed by atoms with Crippen LogP contribution in [0, 0.1) is 0 Å². The highest BCUT2D eigenvalue weighted by atomic mass is 127. The lowest BCUT2D eigenvalue weighted by molar-refractivity contribution is 0.103. The van der Waals surface area contributed by atoms with Crippen LogP contribution in [0.1, 0.15) is 45.5 Å². The summed E-state index contributed by atoms with van der Waals surface area (Å²) >= 11 is 2.39. The molecule has 1 unspecified atom stereocenters. The van der Waals surface area contributed by atoms with Gasteiger partial charge < -0.3 is 0 Å². The molecule has 3 aromatic rings. The molecule has 0 aromatic heterocycles. The average molecular weight is 452 g/mol. The minimum Gasteiger partial charge on any atom is -0.289 e. The Balaban J connectivity index is 1.71. The third kappa shape index (κ3) is 4.70. The van der Waals surface area contributed by atoms with Gasteiger partial charge in [0.1, 0.15) is 0 Å². The first-order valence-electron chi connectivity index (χ1n) is 8.71. The maximum absolute atomic E-state index is 12.7. The zero-order valence-electron chi connectivity index (χ0n) is 14.7. The van der Waals surface area contributed by atoms with Crippen LogP contribution >= 0.6 is 22.6 Å². The highest BCUT2D eigenvalue weighted by molar-refractivity contribution is 14.1. The summed E-state index contributed by atoms with van der Waals surface area (Å²) in [5.74, 6) is 0.577. The van der Waals surface area contributed by atoms with Gasteiger partial charge in [0.2, 0.25) is 0 Å². The zero-order valence-corrected chi connectivity index (χ0v) is 16.9. The molecule has 2 heteroatoms. The average Bonchev–Trinajstić information content (AvgIpc) is 2.72. The van der Waals surface area contributed by atoms with E-state index in [2.05, 4.69) is 65.9 Å².